The summed E-state index contributed by atoms with van der Waals surface area (Å²) < 4.78 is 11.3. The summed E-state index contributed by atoms with van der Waals surface area (Å²) in [7, 11) is 0. The zero-order valence-electron chi connectivity index (χ0n) is 11.6. The Morgan fingerprint density at radius 2 is 1.95 bits per heavy atom. The molecule has 0 saturated heterocycles. The minimum atomic E-state index is 0.638. The number of aromatic nitrogens is 1. The quantitative estimate of drug-likeness (QED) is 0.823. The summed E-state index contributed by atoms with van der Waals surface area (Å²) in [5, 5.41) is 4.83. The molecule has 1 aliphatic heterocycles. The van der Waals surface area contributed by atoms with E-state index in [-0.39, 0.29) is 0 Å². The highest BCUT2D eigenvalue weighted by atomic mass is 16.6. The highest BCUT2D eigenvalue weighted by molar-refractivity contribution is 5.86. The fraction of sp³-hybridized carbons (Fsp3) is 0.500. The lowest BCUT2D eigenvalue weighted by atomic mass is 10.1. The summed E-state index contributed by atoms with van der Waals surface area (Å²) in [6, 6.07) is 4.97. The first-order valence-corrected chi connectivity index (χ1v) is 7.53. The molecule has 0 amide bonds. The summed E-state index contributed by atoms with van der Waals surface area (Å²) in [6.45, 7) is 2.39. The molecular weight excluding hydrogens is 252 g/mol. The third-order valence-electron chi connectivity index (χ3n) is 4.06. The lowest BCUT2D eigenvalue weighted by molar-refractivity contribution is 0.172. The average Bonchev–Trinajstić information content (AvgIpc) is 3.23. The van der Waals surface area contributed by atoms with Gasteiger partial charge in [-0.15, -0.1) is 0 Å². The van der Waals surface area contributed by atoms with Crippen LogP contribution in [0.5, 0.6) is 11.5 Å². The van der Waals surface area contributed by atoms with Crippen LogP contribution in [-0.2, 0) is 6.42 Å². The van der Waals surface area contributed by atoms with Gasteiger partial charge >= 0.3 is 0 Å². The van der Waals surface area contributed by atoms with Crippen LogP contribution in [0.15, 0.2) is 18.3 Å². The van der Waals surface area contributed by atoms with Crippen molar-refractivity contribution in [2.24, 2.45) is 0 Å². The van der Waals surface area contributed by atoms with E-state index in [1.807, 2.05) is 0 Å². The number of hydrogen-bond donors (Lipinski definition) is 2. The van der Waals surface area contributed by atoms with Gasteiger partial charge in [-0.2, -0.15) is 0 Å². The van der Waals surface area contributed by atoms with Crippen LogP contribution in [0.1, 0.15) is 24.8 Å². The van der Waals surface area contributed by atoms with Crippen molar-refractivity contribution < 1.29 is 9.47 Å². The van der Waals surface area contributed by atoms with Crippen molar-refractivity contribution in [3.8, 4) is 11.5 Å². The largest absolute Gasteiger partial charge is 0.486 e. The van der Waals surface area contributed by atoms with Crippen molar-refractivity contribution in [3.63, 3.8) is 0 Å². The maximum Gasteiger partial charge on any atom is 0.163 e. The second-order valence-corrected chi connectivity index (χ2v) is 5.69. The third-order valence-corrected chi connectivity index (χ3v) is 4.06. The van der Waals surface area contributed by atoms with E-state index in [2.05, 4.69) is 28.6 Å². The van der Waals surface area contributed by atoms with E-state index in [0.717, 1.165) is 36.0 Å². The first kappa shape index (κ1) is 12.1. The molecule has 2 N–H and O–H groups in total. The van der Waals surface area contributed by atoms with E-state index in [9.17, 15) is 0 Å². The Hall–Kier alpha value is -1.68. The zero-order valence-corrected chi connectivity index (χ0v) is 11.6. The van der Waals surface area contributed by atoms with Gasteiger partial charge in [0.2, 0.25) is 0 Å². The monoisotopic (exact) mass is 272 g/mol. The lowest BCUT2D eigenvalue weighted by Crippen LogP contribution is -2.17. The van der Waals surface area contributed by atoms with Gasteiger partial charge in [-0.25, -0.2) is 0 Å². The van der Waals surface area contributed by atoms with Crippen molar-refractivity contribution in [3.05, 3.63) is 23.9 Å². The molecule has 1 aliphatic carbocycles. The predicted molar refractivity (Wildman–Crippen MR) is 78.6 cm³/mol. The molecule has 0 bridgehead atoms. The van der Waals surface area contributed by atoms with Gasteiger partial charge in [-0.1, -0.05) is 0 Å². The van der Waals surface area contributed by atoms with Crippen molar-refractivity contribution in [2.45, 2.75) is 31.7 Å². The zero-order chi connectivity index (χ0) is 13.4. The minimum Gasteiger partial charge on any atom is -0.486 e. The van der Waals surface area contributed by atoms with E-state index in [0.29, 0.717) is 13.2 Å². The SMILES string of the molecule is c1[nH]c2cc3c(cc2c1CCCNC1CC1)OCCO3. The van der Waals surface area contributed by atoms with E-state index >= 15 is 0 Å². The van der Waals surface area contributed by atoms with Crippen LogP contribution in [0.3, 0.4) is 0 Å². The Morgan fingerprint density at radius 3 is 2.75 bits per heavy atom. The van der Waals surface area contributed by atoms with Crippen molar-refractivity contribution in [1.82, 2.24) is 10.3 Å². The Balaban J connectivity index is 1.50. The first-order chi connectivity index (χ1) is 9.90. The van der Waals surface area contributed by atoms with Gasteiger partial charge in [0.1, 0.15) is 13.2 Å². The van der Waals surface area contributed by atoms with E-state index in [1.165, 1.54) is 30.2 Å². The van der Waals surface area contributed by atoms with Crippen LogP contribution in [-0.4, -0.2) is 30.8 Å². The van der Waals surface area contributed by atoms with Crippen molar-refractivity contribution in [2.75, 3.05) is 19.8 Å². The molecule has 4 heteroatoms. The molecule has 4 nitrogen and oxygen atoms in total. The van der Waals surface area contributed by atoms with E-state index < -0.39 is 0 Å². The molecule has 2 aliphatic rings. The molecule has 106 valence electrons. The molecule has 0 unspecified atom stereocenters. The normalized spacial score (nSPS) is 17.6. The Bertz CT molecular complexity index is 616. The van der Waals surface area contributed by atoms with Crippen molar-refractivity contribution in [1.29, 1.82) is 0 Å². The number of aryl methyl sites for hydroxylation is 1. The van der Waals surface area contributed by atoms with Crippen LogP contribution in [0, 0.1) is 0 Å². The van der Waals surface area contributed by atoms with Crippen LogP contribution in [0.4, 0.5) is 0 Å². The van der Waals surface area contributed by atoms with Crippen LogP contribution in [0.25, 0.3) is 10.9 Å². The molecule has 2 aromatic rings. The molecule has 1 saturated carbocycles. The van der Waals surface area contributed by atoms with Gasteiger partial charge in [0.15, 0.2) is 11.5 Å². The van der Waals surface area contributed by atoms with Gasteiger partial charge in [0.25, 0.3) is 0 Å². The number of hydrogen-bond acceptors (Lipinski definition) is 3. The number of ether oxygens (including phenoxy) is 2. The molecule has 2 heterocycles. The number of aromatic amines is 1. The van der Waals surface area contributed by atoms with Crippen LogP contribution in [0.2, 0.25) is 0 Å². The van der Waals surface area contributed by atoms with Gasteiger partial charge in [-0.05, 0) is 43.9 Å². The fourth-order valence-electron chi connectivity index (χ4n) is 2.80. The average molecular weight is 272 g/mol. The standard InChI is InChI=1S/C16H20N2O2/c1(5-17-12-3-4-12)2-11-10-18-14-9-16-15(8-13(11)14)19-6-7-20-16/h8-10,12,17-18H,1-7H2. The van der Waals surface area contributed by atoms with Crippen LogP contribution >= 0.6 is 0 Å². The summed E-state index contributed by atoms with van der Waals surface area (Å²) in [4.78, 5) is 3.34. The Morgan fingerprint density at radius 1 is 1.15 bits per heavy atom. The highest BCUT2D eigenvalue weighted by Crippen LogP contribution is 2.35. The number of benzene rings is 1. The molecule has 0 radical (unpaired) electrons. The van der Waals surface area contributed by atoms with Gasteiger partial charge in [0, 0.05) is 29.2 Å². The lowest BCUT2D eigenvalue weighted by Gasteiger charge is -2.18. The first-order valence-electron chi connectivity index (χ1n) is 7.53. The maximum atomic E-state index is 5.67. The fourth-order valence-corrected chi connectivity index (χ4v) is 2.80. The summed E-state index contributed by atoms with van der Waals surface area (Å²) in [5.41, 5.74) is 2.51. The molecule has 20 heavy (non-hydrogen) atoms. The Labute approximate surface area is 118 Å². The van der Waals surface area contributed by atoms with Gasteiger partial charge in [-0.3, -0.25) is 0 Å². The summed E-state index contributed by atoms with van der Waals surface area (Å²) >= 11 is 0. The number of fused-ring (bicyclic) bond motifs is 2. The maximum absolute atomic E-state index is 5.67. The van der Waals surface area contributed by atoms with Crippen molar-refractivity contribution >= 4 is 10.9 Å². The summed E-state index contributed by atoms with van der Waals surface area (Å²) in [6.07, 6.45) is 7.11. The molecule has 1 aromatic carbocycles. The second-order valence-electron chi connectivity index (χ2n) is 5.69. The topological polar surface area (TPSA) is 46.3 Å². The predicted octanol–water partition coefficient (Wildman–Crippen LogP) is 2.62. The molecule has 0 atom stereocenters. The molecule has 1 fully saturated rings. The number of H-pyrrole nitrogens is 1. The van der Waals surface area contributed by atoms with Gasteiger partial charge < -0.3 is 19.8 Å². The van der Waals surface area contributed by atoms with Gasteiger partial charge in [0.05, 0.1) is 0 Å². The molecule has 0 spiro atoms. The number of nitrogens with one attached hydrogen (secondary N) is 2. The van der Waals surface area contributed by atoms with E-state index in [4.69, 9.17) is 9.47 Å². The number of rotatable bonds is 5. The van der Waals surface area contributed by atoms with E-state index in [1.54, 1.807) is 0 Å². The van der Waals surface area contributed by atoms with Crippen LogP contribution < -0.4 is 14.8 Å². The molecule has 4 rings (SSSR count). The highest BCUT2D eigenvalue weighted by Gasteiger charge is 2.19. The molecule has 1 aromatic heterocycles. The smallest absolute Gasteiger partial charge is 0.163 e. The minimum absolute atomic E-state index is 0.638. The Kier molecular flexibility index (Phi) is 3.03. The summed E-state index contributed by atoms with van der Waals surface area (Å²) in [5.74, 6) is 1.73. The third kappa shape index (κ3) is 2.36. The molecular formula is C16H20N2O2. The second kappa shape index (κ2) is 5.02.